The molecule has 1 N–H and O–H groups in total. The molecule has 4 heteroatoms. The van der Waals surface area contributed by atoms with Crippen molar-refractivity contribution < 1.29 is 9.90 Å². The molecule has 0 unspecified atom stereocenters. The van der Waals surface area contributed by atoms with Gasteiger partial charge in [-0.3, -0.25) is 0 Å². The van der Waals surface area contributed by atoms with Crippen molar-refractivity contribution in [1.29, 1.82) is 0 Å². The molecule has 1 aromatic rings. The van der Waals surface area contributed by atoms with Crippen LogP contribution in [0.25, 0.3) is 6.08 Å². The predicted octanol–water partition coefficient (Wildman–Crippen LogP) is 3.95. The summed E-state index contributed by atoms with van der Waals surface area (Å²) < 4.78 is 0.931. The highest BCUT2D eigenvalue weighted by atomic mass is 79.9. The average Bonchev–Trinajstić information content (AvgIpc) is 2.36. The Morgan fingerprint density at radius 3 is 2.89 bits per heavy atom. The molecule has 3 nitrogen and oxygen atoms in total. The number of carbonyl (C=O) groups is 1. The number of halogens is 1. The lowest BCUT2D eigenvalue weighted by Crippen LogP contribution is -2.19. The fourth-order valence-electron chi connectivity index (χ4n) is 1.76. The molecular formula is C15H18BrNO2. The molecule has 0 bridgehead atoms. The van der Waals surface area contributed by atoms with Crippen molar-refractivity contribution >= 4 is 33.7 Å². The molecule has 1 aromatic carbocycles. The highest BCUT2D eigenvalue weighted by Gasteiger charge is 2.06. The Bertz CT molecular complexity index is 483. The molecule has 0 fully saturated rings. The van der Waals surface area contributed by atoms with Gasteiger partial charge < -0.3 is 10.0 Å². The molecule has 1 rings (SSSR count). The van der Waals surface area contributed by atoms with Crippen molar-refractivity contribution in [1.82, 2.24) is 0 Å². The van der Waals surface area contributed by atoms with Crippen molar-refractivity contribution in [2.75, 3.05) is 18.5 Å². The molecule has 0 saturated carbocycles. The molecule has 0 aliphatic rings. The van der Waals surface area contributed by atoms with Crippen LogP contribution in [0.2, 0.25) is 0 Å². The van der Waals surface area contributed by atoms with E-state index in [-0.39, 0.29) is 0 Å². The number of carboxylic acid groups (broad SMARTS) is 1. The second kappa shape index (κ2) is 7.79. The summed E-state index contributed by atoms with van der Waals surface area (Å²) >= 11 is 3.40. The van der Waals surface area contributed by atoms with Crippen LogP contribution < -0.4 is 4.90 Å². The van der Waals surface area contributed by atoms with E-state index in [9.17, 15) is 4.79 Å². The monoisotopic (exact) mass is 323 g/mol. The summed E-state index contributed by atoms with van der Waals surface area (Å²) in [4.78, 5) is 12.7. The summed E-state index contributed by atoms with van der Waals surface area (Å²) in [5, 5.41) is 8.72. The maximum absolute atomic E-state index is 10.6. The van der Waals surface area contributed by atoms with Gasteiger partial charge in [0.15, 0.2) is 0 Å². The molecular weight excluding hydrogens is 306 g/mol. The normalized spacial score (nSPS) is 10.6. The standard InChI is InChI=1S/C15H18BrNO2/c1-3-4-5-10-17(2)14-8-7-13(16)11-12(14)6-9-15(18)19/h3,6-9,11H,1,4-5,10H2,2H3,(H,18,19)/b9-6+. The van der Waals surface area contributed by atoms with E-state index in [1.165, 1.54) is 0 Å². The minimum absolute atomic E-state index is 0.887. The Balaban J connectivity index is 2.92. The second-order valence-corrected chi connectivity index (χ2v) is 5.14. The molecule has 0 amide bonds. The molecule has 0 aliphatic carbocycles. The third-order valence-corrected chi connectivity index (χ3v) is 3.20. The lowest BCUT2D eigenvalue weighted by atomic mass is 10.1. The first-order chi connectivity index (χ1) is 9.04. The van der Waals surface area contributed by atoms with Crippen LogP contribution in [0.5, 0.6) is 0 Å². The predicted molar refractivity (Wildman–Crippen MR) is 83.5 cm³/mol. The van der Waals surface area contributed by atoms with Gasteiger partial charge in [-0.1, -0.05) is 22.0 Å². The zero-order valence-electron chi connectivity index (χ0n) is 11.0. The van der Waals surface area contributed by atoms with Gasteiger partial charge in [0.1, 0.15) is 0 Å². The number of anilines is 1. The van der Waals surface area contributed by atoms with Crippen molar-refractivity contribution in [2.45, 2.75) is 12.8 Å². The van der Waals surface area contributed by atoms with Crippen LogP contribution in [0.1, 0.15) is 18.4 Å². The molecule has 0 aromatic heterocycles. The molecule has 0 aliphatic heterocycles. The minimum atomic E-state index is -0.944. The lowest BCUT2D eigenvalue weighted by Gasteiger charge is -2.21. The Kier molecular flexibility index (Phi) is 6.36. The van der Waals surface area contributed by atoms with Gasteiger partial charge in [-0.25, -0.2) is 4.79 Å². The topological polar surface area (TPSA) is 40.5 Å². The van der Waals surface area contributed by atoms with Gasteiger partial charge >= 0.3 is 5.97 Å². The number of benzene rings is 1. The number of nitrogens with zero attached hydrogens (tertiary/aromatic N) is 1. The molecule has 0 atom stereocenters. The summed E-state index contributed by atoms with van der Waals surface area (Å²) in [7, 11) is 2.00. The van der Waals surface area contributed by atoms with Crippen LogP contribution in [0, 0.1) is 0 Å². The maximum atomic E-state index is 10.6. The largest absolute Gasteiger partial charge is 0.478 e. The van der Waals surface area contributed by atoms with Crippen molar-refractivity contribution in [2.24, 2.45) is 0 Å². The number of aliphatic carboxylic acids is 1. The van der Waals surface area contributed by atoms with E-state index in [4.69, 9.17) is 5.11 Å². The molecule has 0 spiro atoms. The van der Waals surface area contributed by atoms with Gasteiger partial charge in [0.05, 0.1) is 0 Å². The smallest absolute Gasteiger partial charge is 0.328 e. The summed E-state index contributed by atoms with van der Waals surface area (Å²) in [6.45, 7) is 4.61. The minimum Gasteiger partial charge on any atom is -0.478 e. The van der Waals surface area contributed by atoms with Gasteiger partial charge in [0.25, 0.3) is 0 Å². The summed E-state index contributed by atoms with van der Waals surface area (Å²) in [6.07, 6.45) is 6.68. The first-order valence-corrected chi connectivity index (χ1v) is 6.86. The molecule has 0 saturated heterocycles. The van der Waals surface area contributed by atoms with Crippen molar-refractivity contribution in [3.63, 3.8) is 0 Å². The summed E-state index contributed by atoms with van der Waals surface area (Å²) in [5.74, 6) is -0.944. The Morgan fingerprint density at radius 2 is 2.26 bits per heavy atom. The third-order valence-electron chi connectivity index (χ3n) is 2.71. The average molecular weight is 324 g/mol. The highest BCUT2D eigenvalue weighted by Crippen LogP contribution is 2.25. The maximum Gasteiger partial charge on any atom is 0.328 e. The highest BCUT2D eigenvalue weighted by molar-refractivity contribution is 9.10. The van der Waals surface area contributed by atoms with Crippen LogP contribution in [-0.4, -0.2) is 24.7 Å². The molecule has 19 heavy (non-hydrogen) atoms. The molecule has 102 valence electrons. The van der Waals surface area contributed by atoms with Crippen LogP contribution in [-0.2, 0) is 4.79 Å². The third kappa shape index (κ3) is 5.30. The lowest BCUT2D eigenvalue weighted by molar-refractivity contribution is -0.131. The fourth-order valence-corrected chi connectivity index (χ4v) is 2.14. The Labute approximate surface area is 122 Å². The van der Waals surface area contributed by atoms with Gasteiger partial charge in [0.2, 0.25) is 0 Å². The zero-order chi connectivity index (χ0) is 14.3. The first-order valence-electron chi connectivity index (χ1n) is 6.07. The zero-order valence-corrected chi connectivity index (χ0v) is 12.6. The van der Waals surface area contributed by atoms with Crippen molar-refractivity contribution in [3.8, 4) is 0 Å². The van der Waals surface area contributed by atoms with Gasteiger partial charge in [-0.05, 0) is 42.7 Å². The number of unbranched alkanes of at least 4 members (excludes halogenated alkanes) is 1. The number of rotatable bonds is 7. The number of allylic oxidation sites excluding steroid dienone is 1. The van der Waals surface area contributed by atoms with Crippen LogP contribution >= 0.6 is 15.9 Å². The summed E-state index contributed by atoms with van der Waals surface area (Å²) in [6, 6.07) is 5.86. The van der Waals surface area contributed by atoms with Crippen molar-refractivity contribution in [3.05, 3.63) is 47.0 Å². The molecule has 0 radical (unpaired) electrons. The quantitative estimate of drug-likeness (QED) is 0.469. The second-order valence-electron chi connectivity index (χ2n) is 4.23. The number of carboxylic acids is 1. The summed E-state index contributed by atoms with van der Waals surface area (Å²) in [5.41, 5.74) is 1.91. The van der Waals surface area contributed by atoms with E-state index in [0.717, 1.165) is 41.2 Å². The number of hydrogen-bond acceptors (Lipinski definition) is 2. The first kappa shape index (κ1) is 15.5. The fraction of sp³-hybridized carbons (Fsp3) is 0.267. The van der Waals surface area contributed by atoms with E-state index >= 15 is 0 Å². The van der Waals surface area contributed by atoms with Gasteiger partial charge in [-0.15, -0.1) is 6.58 Å². The van der Waals surface area contributed by atoms with E-state index in [1.54, 1.807) is 6.08 Å². The molecule has 0 heterocycles. The Hall–Kier alpha value is -1.55. The number of hydrogen-bond donors (Lipinski definition) is 1. The van der Waals surface area contributed by atoms with Crippen LogP contribution in [0.4, 0.5) is 5.69 Å². The van der Waals surface area contributed by atoms with E-state index in [1.807, 2.05) is 31.3 Å². The van der Waals surface area contributed by atoms with E-state index in [0.29, 0.717) is 0 Å². The van der Waals surface area contributed by atoms with Crippen LogP contribution in [0.15, 0.2) is 41.4 Å². The van der Waals surface area contributed by atoms with E-state index < -0.39 is 5.97 Å². The van der Waals surface area contributed by atoms with Gasteiger partial charge in [-0.2, -0.15) is 0 Å². The van der Waals surface area contributed by atoms with Gasteiger partial charge in [0, 0.05) is 29.8 Å². The van der Waals surface area contributed by atoms with E-state index in [2.05, 4.69) is 27.4 Å². The van der Waals surface area contributed by atoms with Crippen LogP contribution in [0.3, 0.4) is 0 Å². The Morgan fingerprint density at radius 1 is 1.53 bits per heavy atom. The SMILES string of the molecule is C=CCCCN(C)c1ccc(Br)cc1/C=C/C(=O)O.